The molecule has 0 bridgehead atoms. The van der Waals surface area contributed by atoms with Gasteiger partial charge in [-0.05, 0) is 13.3 Å². The molecule has 140 valence electrons. The van der Waals surface area contributed by atoms with Crippen molar-refractivity contribution in [3.8, 4) is 0 Å². The first kappa shape index (κ1) is 19.2. The molecular weight excluding hydrogens is 348 g/mol. The quantitative estimate of drug-likeness (QED) is 0.782. The van der Waals surface area contributed by atoms with Crippen LogP contribution < -0.4 is 5.32 Å². The van der Waals surface area contributed by atoms with Crippen LogP contribution in [0.15, 0.2) is 6.33 Å². The van der Waals surface area contributed by atoms with Crippen molar-refractivity contribution < 1.29 is 18.0 Å². The number of aromatic nitrogens is 3. The lowest BCUT2D eigenvalue weighted by atomic mass is 10.3. The molecule has 1 aromatic rings. The number of amides is 3. The Balaban J connectivity index is 2.01. The maximum atomic E-state index is 12.4. The minimum atomic E-state index is -3.21. The van der Waals surface area contributed by atoms with Crippen LogP contribution in [0.3, 0.4) is 0 Å². The molecule has 1 fully saturated rings. The van der Waals surface area contributed by atoms with Gasteiger partial charge in [0.2, 0.25) is 11.9 Å². The van der Waals surface area contributed by atoms with Gasteiger partial charge in [0.1, 0.15) is 12.9 Å². The van der Waals surface area contributed by atoms with Gasteiger partial charge in [0.25, 0.3) is 0 Å². The summed E-state index contributed by atoms with van der Waals surface area (Å²) in [5.41, 5.74) is 0. The topological polar surface area (TPSA) is 118 Å². The van der Waals surface area contributed by atoms with Gasteiger partial charge in [-0.25, -0.2) is 22.9 Å². The predicted molar refractivity (Wildman–Crippen MR) is 91.8 cm³/mol. The molecule has 2 unspecified atom stereocenters. The lowest BCUT2D eigenvalue weighted by Crippen LogP contribution is -2.54. The van der Waals surface area contributed by atoms with Crippen LogP contribution in [0.25, 0.3) is 0 Å². The van der Waals surface area contributed by atoms with E-state index in [-0.39, 0.29) is 31.5 Å². The lowest BCUT2D eigenvalue weighted by molar-refractivity contribution is -0.129. The van der Waals surface area contributed by atoms with Gasteiger partial charge in [-0.15, -0.1) is 5.10 Å². The van der Waals surface area contributed by atoms with E-state index >= 15 is 0 Å². The molecule has 1 N–H and O–H groups in total. The highest BCUT2D eigenvalue weighted by molar-refractivity contribution is 7.92. The summed E-state index contributed by atoms with van der Waals surface area (Å²) < 4.78 is 25.7. The van der Waals surface area contributed by atoms with E-state index in [9.17, 15) is 18.0 Å². The molecule has 0 spiro atoms. The van der Waals surface area contributed by atoms with Gasteiger partial charge in [-0.2, -0.15) is 0 Å². The van der Waals surface area contributed by atoms with Gasteiger partial charge in [0.05, 0.1) is 10.5 Å². The summed E-state index contributed by atoms with van der Waals surface area (Å²) >= 11 is 0. The number of anilines is 1. The standard InChI is InChI=1S/C14H24N6O4S/c1-5-11-7-19(6-10(2)25(11,23)24)14(22)16-13-15-9-20(17-13)8-12(21)18(3)4/h9-11H,5-8H2,1-4H3,(H,16,17,22). The fraction of sp³-hybridized carbons (Fsp3) is 0.714. The molecule has 0 saturated carbocycles. The molecular formula is C14H24N6O4S. The summed E-state index contributed by atoms with van der Waals surface area (Å²) in [5.74, 6) is -0.0747. The largest absolute Gasteiger partial charge is 0.347 e. The molecule has 1 saturated heterocycles. The number of hydrogen-bond donors (Lipinski definition) is 1. The number of sulfone groups is 1. The maximum Gasteiger partial charge on any atom is 0.324 e. The molecule has 2 rings (SSSR count). The molecule has 1 aliphatic heterocycles. The van der Waals surface area contributed by atoms with E-state index in [4.69, 9.17) is 0 Å². The summed E-state index contributed by atoms with van der Waals surface area (Å²) in [7, 11) is 0.0648. The molecule has 0 radical (unpaired) electrons. The molecule has 1 aromatic heterocycles. The smallest absolute Gasteiger partial charge is 0.324 e. The Bertz CT molecular complexity index is 744. The van der Waals surface area contributed by atoms with Crippen LogP contribution in [-0.2, 0) is 21.2 Å². The minimum absolute atomic E-state index is 0.0206. The van der Waals surface area contributed by atoms with E-state index in [0.717, 1.165) is 0 Å². The first-order valence-electron chi connectivity index (χ1n) is 8.03. The van der Waals surface area contributed by atoms with E-state index in [2.05, 4.69) is 15.4 Å². The molecule has 2 heterocycles. The molecule has 3 amide bonds. The second-order valence-electron chi connectivity index (χ2n) is 6.32. The fourth-order valence-electron chi connectivity index (χ4n) is 2.58. The number of urea groups is 1. The molecule has 0 aliphatic carbocycles. The second-order valence-corrected chi connectivity index (χ2v) is 8.97. The highest BCUT2D eigenvalue weighted by Gasteiger charge is 2.39. The third-order valence-corrected chi connectivity index (χ3v) is 6.90. The summed E-state index contributed by atoms with van der Waals surface area (Å²) in [5, 5.41) is 5.41. The van der Waals surface area contributed by atoms with Crippen molar-refractivity contribution in [2.24, 2.45) is 0 Å². The number of rotatable bonds is 4. The Kier molecular flexibility index (Phi) is 5.65. The minimum Gasteiger partial charge on any atom is -0.347 e. The van der Waals surface area contributed by atoms with Crippen molar-refractivity contribution in [3.05, 3.63) is 6.33 Å². The van der Waals surface area contributed by atoms with Crippen molar-refractivity contribution in [2.45, 2.75) is 37.3 Å². The normalized spacial score (nSPS) is 22.5. The molecule has 2 atom stereocenters. The van der Waals surface area contributed by atoms with Gasteiger partial charge in [0, 0.05) is 27.2 Å². The Morgan fingerprint density at radius 3 is 2.64 bits per heavy atom. The van der Waals surface area contributed by atoms with Gasteiger partial charge < -0.3 is 9.80 Å². The van der Waals surface area contributed by atoms with Crippen LogP contribution in [0.2, 0.25) is 0 Å². The SMILES string of the molecule is CCC1CN(C(=O)Nc2ncn(CC(=O)N(C)C)n2)CC(C)S1(=O)=O. The van der Waals surface area contributed by atoms with Crippen molar-refractivity contribution in [1.29, 1.82) is 0 Å². The average Bonchev–Trinajstić information content (AvgIpc) is 2.96. The van der Waals surface area contributed by atoms with Gasteiger partial charge in [-0.1, -0.05) is 6.92 Å². The van der Waals surface area contributed by atoms with Crippen molar-refractivity contribution in [3.63, 3.8) is 0 Å². The third-order valence-electron chi connectivity index (χ3n) is 4.22. The highest BCUT2D eigenvalue weighted by Crippen LogP contribution is 2.21. The Hall–Kier alpha value is -2.17. The maximum absolute atomic E-state index is 12.4. The monoisotopic (exact) mass is 372 g/mol. The van der Waals surface area contributed by atoms with Crippen molar-refractivity contribution in [2.75, 3.05) is 32.5 Å². The molecule has 0 aromatic carbocycles. The zero-order valence-electron chi connectivity index (χ0n) is 14.8. The van der Waals surface area contributed by atoms with E-state index in [1.807, 2.05) is 0 Å². The lowest BCUT2D eigenvalue weighted by Gasteiger charge is -2.35. The number of nitrogens with one attached hydrogen (secondary N) is 1. The third kappa shape index (κ3) is 4.27. The number of likely N-dealkylation sites (N-methyl/N-ethyl adjacent to an activating group) is 1. The zero-order valence-corrected chi connectivity index (χ0v) is 15.7. The van der Waals surface area contributed by atoms with Gasteiger partial charge in [-0.3, -0.25) is 10.1 Å². The zero-order chi connectivity index (χ0) is 18.8. The summed E-state index contributed by atoms with van der Waals surface area (Å²) in [6.07, 6.45) is 1.81. The average molecular weight is 372 g/mol. The van der Waals surface area contributed by atoms with Crippen molar-refractivity contribution in [1.82, 2.24) is 24.6 Å². The number of carbonyl (C=O) groups is 2. The molecule has 25 heavy (non-hydrogen) atoms. The fourth-order valence-corrected chi connectivity index (χ4v) is 4.47. The van der Waals surface area contributed by atoms with Gasteiger partial charge in [0.15, 0.2) is 9.84 Å². The summed E-state index contributed by atoms with van der Waals surface area (Å²) in [6.45, 7) is 3.70. The van der Waals surface area contributed by atoms with Crippen LogP contribution in [-0.4, -0.2) is 82.6 Å². The Labute approximate surface area is 147 Å². The number of carbonyl (C=O) groups excluding carboxylic acids is 2. The van der Waals surface area contributed by atoms with Crippen LogP contribution in [0, 0.1) is 0 Å². The Morgan fingerprint density at radius 1 is 1.36 bits per heavy atom. The number of nitrogens with zero attached hydrogens (tertiary/aromatic N) is 5. The highest BCUT2D eigenvalue weighted by atomic mass is 32.2. The van der Waals surface area contributed by atoms with E-state index in [0.29, 0.717) is 6.42 Å². The van der Waals surface area contributed by atoms with Crippen LogP contribution in [0.5, 0.6) is 0 Å². The summed E-state index contributed by atoms with van der Waals surface area (Å²) in [6, 6.07) is -0.447. The number of hydrogen-bond acceptors (Lipinski definition) is 6. The van der Waals surface area contributed by atoms with E-state index in [1.54, 1.807) is 27.9 Å². The van der Waals surface area contributed by atoms with Crippen LogP contribution >= 0.6 is 0 Å². The van der Waals surface area contributed by atoms with Crippen LogP contribution in [0.4, 0.5) is 10.7 Å². The Morgan fingerprint density at radius 2 is 2.04 bits per heavy atom. The first-order valence-corrected chi connectivity index (χ1v) is 9.64. The molecule has 10 nitrogen and oxygen atoms in total. The van der Waals surface area contributed by atoms with E-state index < -0.39 is 26.4 Å². The van der Waals surface area contributed by atoms with Gasteiger partial charge >= 0.3 is 6.03 Å². The molecule has 11 heteroatoms. The van der Waals surface area contributed by atoms with Crippen molar-refractivity contribution >= 4 is 27.7 Å². The molecule has 1 aliphatic rings. The summed E-state index contributed by atoms with van der Waals surface area (Å²) in [4.78, 5) is 30.9. The predicted octanol–water partition coefficient (Wildman–Crippen LogP) is -0.204. The van der Waals surface area contributed by atoms with E-state index in [1.165, 1.54) is 20.8 Å². The second kappa shape index (κ2) is 7.38. The van der Waals surface area contributed by atoms with Crippen LogP contribution in [0.1, 0.15) is 20.3 Å². The first-order chi connectivity index (χ1) is 11.6.